The van der Waals surface area contributed by atoms with Crippen LogP contribution in [0.5, 0.6) is 0 Å². The number of aromatic nitrogens is 3. The fourth-order valence-electron chi connectivity index (χ4n) is 3.31. The number of carbonyl (C=O) groups excluding carboxylic acids is 1. The second kappa shape index (κ2) is 6.71. The zero-order valence-corrected chi connectivity index (χ0v) is 16.3. The van der Waals surface area contributed by atoms with E-state index in [1.165, 1.54) is 0 Å². The molecule has 0 aromatic carbocycles. The summed E-state index contributed by atoms with van der Waals surface area (Å²) in [6.07, 6.45) is 3.05. The Balaban J connectivity index is 2.22. The molecule has 1 amide bonds. The van der Waals surface area contributed by atoms with Crippen LogP contribution in [0.1, 0.15) is 74.6 Å². The number of fused-ring (bicyclic) bond motifs is 1. The average Bonchev–Trinajstić information content (AvgIpc) is 3.36. The van der Waals surface area contributed by atoms with E-state index in [9.17, 15) is 4.79 Å². The van der Waals surface area contributed by atoms with E-state index >= 15 is 0 Å². The van der Waals surface area contributed by atoms with Gasteiger partial charge in [0.05, 0.1) is 28.3 Å². The van der Waals surface area contributed by atoms with Crippen LogP contribution in [-0.2, 0) is 5.54 Å². The van der Waals surface area contributed by atoms with E-state index in [0.717, 1.165) is 41.7 Å². The molecule has 3 rings (SSSR count). The fourth-order valence-corrected chi connectivity index (χ4v) is 3.31. The monoisotopic (exact) mass is 353 g/mol. The van der Waals surface area contributed by atoms with Gasteiger partial charge in [-0.3, -0.25) is 4.79 Å². The van der Waals surface area contributed by atoms with Crippen LogP contribution in [-0.4, -0.2) is 38.7 Å². The molecule has 2 heterocycles. The molecule has 1 saturated carbocycles. The lowest BCUT2D eigenvalue weighted by atomic mass is 10.1. The van der Waals surface area contributed by atoms with Gasteiger partial charge in [0.1, 0.15) is 6.54 Å². The second-order valence-corrected chi connectivity index (χ2v) is 8.12. The Morgan fingerprint density at radius 3 is 2.65 bits per heavy atom. The van der Waals surface area contributed by atoms with Crippen molar-refractivity contribution in [3.8, 4) is 6.07 Å². The van der Waals surface area contributed by atoms with Gasteiger partial charge < -0.3 is 4.90 Å². The first-order valence-corrected chi connectivity index (χ1v) is 9.35. The smallest absolute Gasteiger partial charge is 0.255 e. The number of hydrogen-bond donors (Lipinski definition) is 0. The Labute approximate surface area is 154 Å². The number of rotatable bonds is 5. The summed E-state index contributed by atoms with van der Waals surface area (Å²) >= 11 is 0. The molecular formula is C20H27N5O. The zero-order valence-electron chi connectivity index (χ0n) is 16.3. The maximum absolute atomic E-state index is 13.3. The van der Waals surface area contributed by atoms with E-state index in [-0.39, 0.29) is 18.0 Å². The van der Waals surface area contributed by atoms with Crippen molar-refractivity contribution >= 4 is 16.9 Å². The first-order chi connectivity index (χ1) is 12.3. The minimum absolute atomic E-state index is 0.0979. The lowest BCUT2D eigenvalue weighted by molar-refractivity contribution is 0.0778. The molecule has 6 nitrogen and oxygen atoms in total. The minimum Gasteiger partial charge on any atom is -0.325 e. The van der Waals surface area contributed by atoms with Crippen LogP contribution in [0.2, 0.25) is 0 Å². The van der Waals surface area contributed by atoms with Crippen molar-refractivity contribution in [2.75, 3.05) is 13.1 Å². The van der Waals surface area contributed by atoms with E-state index in [4.69, 9.17) is 15.3 Å². The number of amides is 1. The van der Waals surface area contributed by atoms with Crippen LogP contribution in [0.25, 0.3) is 11.0 Å². The molecule has 2 aromatic heterocycles. The Hall–Kier alpha value is -2.42. The molecule has 0 N–H and O–H groups in total. The fraction of sp³-hybridized carbons (Fsp3) is 0.600. The lowest BCUT2D eigenvalue weighted by Crippen LogP contribution is -2.32. The summed E-state index contributed by atoms with van der Waals surface area (Å²) in [7, 11) is 0. The Morgan fingerprint density at radius 1 is 1.42 bits per heavy atom. The highest BCUT2D eigenvalue weighted by molar-refractivity contribution is 6.06. The maximum Gasteiger partial charge on any atom is 0.255 e. The quantitative estimate of drug-likeness (QED) is 0.767. The minimum atomic E-state index is -0.224. The molecule has 0 radical (unpaired) electrons. The molecule has 0 atom stereocenters. The number of carbonyl (C=O) groups is 1. The van der Waals surface area contributed by atoms with Gasteiger partial charge in [-0.2, -0.15) is 10.4 Å². The van der Waals surface area contributed by atoms with Crippen molar-refractivity contribution in [3.05, 3.63) is 23.0 Å². The van der Waals surface area contributed by atoms with Gasteiger partial charge >= 0.3 is 0 Å². The first-order valence-electron chi connectivity index (χ1n) is 9.35. The molecule has 0 saturated heterocycles. The van der Waals surface area contributed by atoms with Crippen molar-refractivity contribution in [1.82, 2.24) is 19.7 Å². The van der Waals surface area contributed by atoms with Crippen LogP contribution in [0.4, 0.5) is 0 Å². The molecule has 138 valence electrons. The third-order valence-electron chi connectivity index (χ3n) is 4.74. The molecule has 0 unspecified atom stereocenters. The number of pyridine rings is 1. The number of aryl methyl sites for hydroxylation is 1. The predicted molar refractivity (Wildman–Crippen MR) is 101 cm³/mol. The van der Waals surface area contributed by atoms with Crippen LogP contribution < -0.4 is 0 Å². The van der Waals surface area contributed by atoms with Crippen LogP contribution in [0.3, 0.4) is 0 Å². The van der Waals surface area contributed by atoms with Gasteiger partial charge in [-0.1, -0.05) is 6.92 Å². The molecule has 6 heteroatoms. The van der Waals surface area contributed by atoms with Gasteiger partial charge in [0.25, 0.3) is 5.91 Å². The summed E-state index contributed by atoms with van der Waals surface area (Å²) < 4.78 is 1.93. The highest BCUT2D eigenvalue weighted by atomic mass is 16.2. The van der Waals surface area contributed by atoms with Gasteiger partial charge in [-0.05, 0) is 53.0 Å². The van der Waals surface area contributed by atoms with Crippen LogP contribution in [0.15, 0.2) is 6.07 Å². The molecule has 0 aliphatic heterocycles. The third kappa shape index (κ3) is 3.31. The molecule has 2 aromatic rings. The summed E-state index contributed by atoms with van der Waals surface area (Å²) in [5.74, 6) is 0.337. The largest absolute Gasteiger partial charge is 0.325 e. The van der Waals surface area contributed by atoms with Crippen molar-refractivity contribution in [2.45, 2.75) is 65.3 Å². The van der Waals surface area contributed by atoms with Crippen LogP contribution in [0, 0.1) is 18.3 Å². The Morgan fingerprint density at radius 2 is 2.12 bits per heavy atom. The number of hydrogen-bond acceptors (Lipinski definition) is 4. The Kier molecular flexibility index (Phi) is 4.74. The zero-order chi connectivity index (χ0) is 19.1. The van der Waals surface area contributed by atoms with Gasteiger partial charge in [-0.25, -0.2) is 9.67 Å². The Bertz CT molecular complexity index is 880. The molecule has 0 spiro atoms. The van der Waals surface area contributed by atoms with E-state index in [2.05, 4.69) is 26.8 Å². The third-order valence-corrected chi connectivity index (χ3v) is 4.74. The van der Waals surface area contributed by atoms with Gasteiger partial charge in [0.15, 0.2) is 5.65 Å². The van der Waals surface area contributed by atoms with Gasteiger partial charge in [0, 0.05) is 18.2 Å². The number of nitriles is 1. The van der Waals surface area contributed by atoms with E-state index in [0.29, 0.717) is 18.0 Å². The van der Waals surface area contributed by atoms with Crippen molar-refractivity contribution in [3.63, 3.8) is 0 Å². The van der Waals surface area contributed by atoms with Crippen molar-refractivity contribution in [2.24, 2.45) is 0 Å². The summed E-state index contributed by atoms with van der Waals surface area (Å²) in [6.45, 7) is 10.9. The molecule has 1 aliphatic rings. The van der Waals surface area contributed by atoms with Crippen LogP contribution >= 0.6 is 0 Å². The van der Waals surface area contributed by atoms with Crippen molar-refractivity contribution in [1.29, 1.82) is 5.26 Å². The van der Waals surface area contributed by atoms with E-state index in [1.807, 2.05) is 24.6 Å². The standard InChI is InChI=1S/C20H27N5O/c1-6-10-24(11-9-21)19(26)15-12-16(14-7-8-14)22-18-17(15)13(2)23-25(18)20(3,4)5/h12,14H,6-8,10-11H2,1-5H3. The summed E-state index contributed by atoms with van der Waals surface area (Å²) in [5.41, 5.74) is 2.96. The van der Waals surface area contributed by atoms with Gasteiger partial charge in [-0.15, -0.1) is 0 Å². The highest BCUT2D eigenvalue weighted by Gasteiger charge is 2.31. The predicted octanol–water partition coefficient (Wildman–Crippen LogP) is 3.75. The second-order valence-electron chi connectivity index (χ2n) is 8.12. The number of nitrogens with zero attached hydrogens (tertiary/aromatic N) is 5. The molecule has 26 heavy (non-hydrogen) atoms. The normalized spacial score (nSPS) is 14.5. The first kappa shape index (κ1) is 18.4. The topological polar surface area (TPSA) is 74.8 Å². The van der Waals surface area contributed by atoms with E-state index < -0.39 is 0 Å². The summed E-state index contributed by atoms with van der Waals surface area (Å²) in [6, 6.07) is 4.05. The highest BCUT2D eigenvalue weighted by Crippen LogP contribution is 2.41. The molecular weight excluding hydrogens is 326 g/mol. The maximum atomic E-state index is 13.3. The van der Waals surface area contributed by atoms with Crippen molar-refractivity contribution < 1.29 is 4.79 Å². The lowest BCUT2D eigenvalue weighted by Gasteiger charge is -2.21. The molecule has 0 bridgehead atoms. The van der Waals surface area contributed by atoms with Gasteiger partial charge in [0.2, 0.25) is 0 Å². The molecule has 1 fully saturated rings. The summed E-state index contributed by atoms with van der Waals surface area (Å²) in [5, 5.41) is 14.6. The summed E-state index contributed by atoms with van der Waals surface area (Å²) in [4.78, 5) is 19.8. The molecule has 1 aliphatic carbocycles. The average molecular weight is 353 g/mol. The van der Waals surface area contributed by atoms with E-state index in [1.54, 1.807) is 4.90 Å². The SMILES string of the molecule is CCCN(CC#N)C(=O)c1cc(C2CC2)nc2c1c(C)nn2C(C)(C)C.